The highest BCUT2D eigenvalue weighted by Crippen LogP contribution is 2.34. The fraction of sp³-hybridized carbons (Fsp3) is 0.250. The van der Waals surface area contributed by atoms with E-state index < -0.39 is 0 Å². The molecule has 1 aliphatic rings. The molecule has 40 heavy (non-hydrogen) atoms. The molecule has 0 saturated carbocycles. The number of nitrogens with zero attached hydrogens (tertiary/aromatic N) is 5. The van der Waals surface area contributed by atoms with E-state index in [-0.39, 0.29) is 12.5 Å². The number of aromatic nitrogens is 3. The Balaban J connectivity index is 1.24. The molecule has 2 aromatic heterocycles. The lowest BCUT2D eigenvalue weighted by Gasteiger charge is -2.24. The van der Waals surface area contributed by atoms with Crippen LogP contribution in [0.5, 0.6) is 0 Å². The number of hydrogen-bond donors (Lipinski definition) is 0. The minimum atomic E-state index is 0.00494. The van der Waals surface area contributed by atoms with E-state index in [1.165, 1.54) is 0 Å². The fourth-order valence-electron chi connectivity index (χ4n) is 5.06. The molecule has 8 heteroatoms. The van der Waals surface area contributed by atoms with Crippen LogP contribution in [0.1, 0.15) is 23.4 Å². The molecular weight excluding hydrogens is 502 g/mol. The monoisotopic (exact) mass is 533 g/mol. The van der Waals surface area contributed by atoms with Crippen LogP contribution in [0.2, 0.25) is 0 Å². The molecule has 0 atom stereocenters. The van der Waals surface area contributed by atoms with Gasteiger partial charge < -0.3 is 19.1 Å². The van der Waals surface area contributed by atoms with Crippen molar-refractivity contribution in [2.24, 2.45) is 0 Å². The first-order valence-electron chi connectivity index (χ1n) is 13.6. The van der Waals surface area contributed by atoms with Gasteiger partial charge in [0.2, 0.25) is 5.91 Å². The Morgan fingerprint density at radius 1 is 0.800 bits per heavy atom. The van der Waals surface area contributed by atoms with E-state index in [4.69, 9.17) is 19.2 Å². The van der Waals surface area contributed by atoms with Gasteiger partial charge in [-0.2, -0.15) is 4.98 Å². The number of carbonyl (C=O) groups is 1. The third kappa shape index (κ3) is 5.87. The van der Waals surface area contributed by atoms with Crippen molar-refractivity contribution in [3.05, 3.63) is 108 Å². The highest BCUT2D eigenvalue weighted by molar-refractivity contribution is 5.98. The minimum absolute atomic E-state index is 0.00494. The van der Waals surface area contributed by atoms with Crippen molar-refractivity contribution in [3.63, 3.8) is 0 Å². The molecule has 5 aromatic rings. The maximum absolute atomic E-state index is 13.0. The van der Waals surface area contributed by atoms with Gasteiger partial charge in [0.15, 0.2) is 0 Å². The highest BCUT2D eigenvalue weighted by Gasteiger charge is 2.26. The second-order valence-corrected chi connectivity index (χ2v) is 9.90. The second kappa shape index (κ2) is 12.1. The zero-order valence-electron chi connectivity index (χ0n) is 22.3. The molecule has 1 aliphatic heterocycles. The van der Waals surface area contributed by atoms with E-state index in [9.17, 15) is 4.79 Å². The molecule has 3 heterocycles. The molecule has 1 saturated heterocycles. The number of hydrogen-bond acceptors (Lipinski definition) is 7. The van der Waals surface area contributed by atoms with E-state index in [1.54, 1.807) is 0 Å². The molecule has 8 nitrogen and oxygen atoms in total. The number of anilines is 1. The molecule has 0 radical (unpaired) electrons. The SMILES string of the molecule is O=C(COCc1ccccc1)N1CCCN(c2nc(Cc3ccccc3)nc3onc(-c4ccccc4)c23)CC1. The Bertz CT molecular complexity index is 1560. The molecular formula is C32H31N5O3. The number of amides is 1. The molecule has 6 rings (SSSR count). The van der Waals surface area contributed by atoms with Crippen LogP contribution in [0.4, 0.5) is 5.82 Å². The van der Waals surface area contributed by atoms with Crippen LogP contribution in [-0.4, -0.2) is 58.7 Å². The lowest BCUT2D eigenvalue weighted by molar-refractivity contribution is -0.136. The summed E-state index contributed by atoms with van der Waals surface area (Å²) in [5.74, 6) is 1.48. The summed E-state index contributed by atoms with van der Waals surface area (Å²) < 4.78 is 11.5. The topological polar surface area (TPSA) is 84.6 Å². The average molecular weight is 534 g/mol. The van der Waals surface area contributed by atoms with Crippen molar-refractivity contribution in [1.82, 2.24) is 20.0 Å². The zero-order chi connectivity index (χ0) is 27.1. The predicted molar refractivity (Wildman–Crippen MR) is 154 cm³/mol. The van der Waals surface area contributed by atoms with Crippen LogP contribution >= 0.6 is 0 Å². The molecule has 0 bridgehead atoms. The summed E-state index contributed by atoms with van der Waals surface area (Å²) in [6, 6.07) is 30.0. The molecule has 3 aromatic carbocycles. The first-order chi connectivity index (χ1) is 19.7. The van der Waals surface area contributed by atoms with Crippen molar-refractivity contribution in [3.8, 4) is 11.3 Å². The summed E-state index contributed by atoms with van der Waals surface area (Å²) in [5, 5.41) is 5.21. The van der Waals surface area contributed by atoms with Gasteiger partial charge in [-0.1, -0.05) is 96.2 Å². The second-order valence-electron chi connectivity index (χ2n) is 9.90. The lowest BCUT2D eigenvalue weighted by Crippen LogP contribution is -2.37. The standard InChI is InChI=1S/C32H31N5O3/c38-28(23-39-22-25-13-6-2-7-14-25)36-17-10-18-37(20-19-36)31-29-30(26-15-8-3-9-16-26)35-40-32(29)34-27(33-31)21-24-11-4-1-5-12-24/h1-9,11-16H,10,17-23H2. The first-order valence-corrected chi connectivity index (χ1v) is 13.6. The van der Waals surface area contributed by atoms with Gasteiger partial charge in [-0.3, -0.25) is 4.79 Å². The van der Waals surface area contributed by atoms with Crippen molar-refractivity contribution < 1.29 is 14.1 Å². The van der Waals surface area contributed by atoms with Gasteiger partial charge in [0.25, 0.3) is 5.71 Å². The number of ether oxygens (including phenoxy) is 1. The molecule has 1 fully saturated rings. The smallest absolute Gasteiger partial charge is 0.263 e. The van der Waals surface area contributed by atoms with Crippen molar-refractivity contribution in [1.29, 1.82) is 0 Å². The Morgan fingerprint density at radius 2 is 1.50 bits per heavy atom. The van der Waals surface area contributed by atoms with Crippen molar-refractivity contribution in [2.75, 3.05) is 37.7 Å². The minimum Gasteiger partial charge on any atom is -0.367 e. The summed E-state index contributed by atoms with van der Waals surface area (Å²) in [6.07, 6.45) is 1.40. The summed E-state index contributed by atoms with van der Waals surface area (Å²) in [5.41, 5.74) is 4.33. The lowest BCUT2D eigenvalue weighted by atomic mass is 10.1. The number of carbonyl (C=O) groups excluding carboxylic acids is 1. The Kier molecular flexibility index (Phi) is 7.77. The molecule has 0 aliphatic carbocycles. The Morgan fingerprint density at radius 3 is 2.25 bits per heavy atom. The summed E-state index contributed by atoms with van der Waals surface area (Å²) in [4.78, 5) is 26.9. The van der Waals surface area contributed by atoms with Gasteiger partial charge in [0, 0.05) is 38.2 Å². The van der Waals surface area contributed by atoms with Crippen LogP contribution < -0.4 is 4.90 Å². The quantitative estimate of drug-likeness (QED) is 0.273. The zero-order valence-corrected chi connectivity index (χ0v) is 22.3. The van der Waals surface area contributed by atoms with Crippen LogP contribution in [0.3, 0.4) is 0 Å². The van der Waals surface area contributed by atoms with E-state index in [0.717, 1.165) is 46.6 Å². The predicted octanol–water partition coefficient (Wildman–Crippen LogP) is 5.13. The van der Waals surface area contributed by atoms with Gasteiger partial charge in [-0.15, -0.1) is 0 Å². The average Bonchev–Trinajstić information content (AvgIpc) is 3.27. The molecule has 0 spiro atoms. The van der Waals surface area contributed by atoms with Crippen LogP contribution in [-0.2, 0) is 22.6 Å². The third-order valence-corrected chi connectivity index (χ3v) is 7.10. The van der Waals surface area contributed by atoms with Gasteiger partial charge in [0.05, 0.1) is 6.61 Å². The summed E-state index contributed by atoms with van der Waals surface area (Å²) in [6.45, 7) is 3.14. The van der Waals surface area contributed by atoms with Crippen molar-refractivity contribution in [2.45, 2.75) is 19.4 Å². The highest BCUT2D eigenvalue weighted by atomic mass is 16.5. The number of rotatable bonds is 8. The van der Waals surface area contributed by atoms with Gasteiger partial charge in [0.1, 0.15) is 29.3 Å². The van der Waals surface area contributed by atoms with Crippen LogP contribution in [0.25, 0.3) is 22.4 Å². The Labute approximate surface area is 233 Å². The van der Waals surface area contributed by atoms with Crippen LogP contribution in [0.15, 0.2) is 95.5 Å². The summed E-state index contributed by atoms with van der Waals surface area (Å²) >= 11 is 0. The van der Waals surface area contributed by atoms with Gasteiger partial charge in [-0.25, -0.2) is 4.98 Å². The molecule has 0 unspecified atom stereocenters. The maximum Gasteiger partial charge on any atom is 0.263 e. The largest absolute Gasteiger partial charge is 0.367 e. The third-order valence-electron chi connectivity index (χ3n) is 7.10. The van der Waals surface area contributed by atoms with Crippen LogP contribution in [0, 0.1) is 0 Å². The van der Waals surface area contributed by atoms with E-state index >= 15 is 0 Å². The van der Waals surface area contributed by atoms with Crippen molar-refractivity contribution >= 4 is 22.8 Å². The molecule has 1 amide bonds. The number of fused-ring (bicyclic) bond motifs is 1. The van der Waals surface area contributed by atoms with Gasteiger partial charge in [-0.05, 0) is 17.5 Å². The fourth-order valence-corrected chi connectivity index (χ4v) is 5.06. The molecule has 0 N–H and O–H groups in total. The van der Waals surface area contributed by atoms with E-state index in [0.29, 0.717) is 44.2 Å². The first kappa shape index (κ1) is 25.7. The Hall–Kier alpha value is -4.56. The number of benzene rings is 3. The maximum atomic E-state index is 13.0. The van der Waals surface area contributed by atoms with Gasteiger partial charge >= 0.3 is 0 Å². The normalized spacial score (nSPS) is 13.9. The van der Waals surface area contributed by atoms with E-state index in [2.05, 4.69) is 22.2 Å². The van der Waals surface area contributed by atoms with E-state index in [1.807, 2.05) is 83.8 Å². The molecule has 202 valence electrons. The summed E-state index contributed by atoms with van der Waals surface area (Å²) in [7, 11) is 0.